The van der Waals surface area contributed by atoms with Crippen LogP contribution in [0, 0.1) is 13.8 Å². The van der Waals surface area contributed by atoms with E-state index < -0.39 is 22.1 Å². The van der Waals surface area contributed by atoms with Gasteiger partial charge in [-0.25, -0.2) is 13.2 Å². The van der Waals surface area contributed by atoms with Crippen molar-refractivity contribution in [3.05, 3.63) is 28.8 Å². The third kappa shape index (κ3) is 3.36. The van der Waals surface area contributed by atoms with Crippen LogP contribution in [0.25, 0.3) is 0 Å². The number of likely N-dealkylation sites (N-methyl/N-ethyl adjacent to an activating group) is 1. The Morgan fingerprint density at radius 2 is 1.85 bits per heavy atom. The molecule has 2 N–H and O–H groups in total. The number of aliphatic hydroxyl groups is 1. The van der Waals surface area contributed by atoms with Crippen molar-refractivity contribution >= 4 is 16.0 Å². The van der Waals surface area contributed by atoms with Gasteiger partial charge in [0.15, 0.2) is 0 Å². The molecule has 0 fully saturated rings. The van der Waals surface area contributed by atoms with Crippen molar-refractivity contribution in [3.8, 4) is 0 Å². The largest absolute Gasteiger partial charge is 0.478 e. The molecule has 0 radical (unpaired) electrons. The van der Waals surface area contributed by atoms with Gasteiger partial charge >= 0.3 is 5.97 Å². The predicted molar refractivity (Wildman–Crippen MR) is 74.4 cm³/mol. The second-order valence-corrected chi connectivity index (χ2v) is 6.89. The molecule has 0 spiro atoms. The summed E-state index contributed by atoms with van der Waals surface area (Å²) in [6.07, 6.45) is -0.806. The third-order valence-electron chi connectivity index (χ3n) is 2.96. The first-order valence-corrected chi connectivity index (χ1v) is 7.50. The molecule has 0 aromatic heterocycles. The fourth-order valence-corrected chi connectivity index (χ4v) is 3.46. The van der Waals surface area contributed by atoms with Gasteiger partial charge in [0.1, 0.15) is 0 Å². The zero-order valence-corrected chi connectivity index (χ0v) is 12.7. The Labute approximate surface area is 118 Å². The molecular formula is C13H19NO5S. The molecule has 1 aromatic carbocycles. The summed E-state index contributed by atoms with van der Waals surface area (Å²) in [4.78, 5) is 11.1. The number of carboxylic acids is 1. The van der Waals surface area contributed by atoms with E-state index in [-0.39, 0.29) is 17.0 Å². The first-order chi connectivity index (χ1) is 9.07. The van der Waals surface area contributed by atoms with Gasteiger partial charge < -0.3 is 10.2 Å². The highest BCUT2D eigenvalue weighted by Gasteiger charge is 2.25. The summed E-state index contributed by atoms with van der Waals surface area (Å²) in [7, 11) is -2.48. The fraction of sp³-hybridized carbons (Fsp3) is 0.462. The normalized spacial score (nSPS) is 13.5. The molecule has 1 aromatic rings. The van der Waals surface area contributed by atoms with E-state index >= 15 is 0 Å². The molecule has 0 amide bonds. The number of hydrogen-bond acceptors (Lipinski definition) is 4. The topological polar surface area (TPSA) is 94.9 Å². The lowest BCUT2D eigenvalue weighted by Gasteiger charge is -2.20. The molecule has 0 saturated heterocycles. The Morgan fingerprint density at radius 3 is 2.30 bits per heavy atom. The van der Waals surface area contributed by atoms with Crippen molar-refractivity contribution < 1.29 is 23.4 Å². The van der Waals surface area contributed by atoms with Crippen molar-refractivity contribution in [1.82, 2.24) is 4.31 Å². The molecule has 0 aliphatic rings. The summed E-state index contributed by atoms with van der Waals surface area (Å²) in [5.41, 5.74) is 0.941. The average Bonchev–Trinajstić information content (AvgIpc) is 2.26. The van der Waals surface area contributed by atoms with Gasteiger partial charge in [0, 0.05) is 13.6 Å². The Balaban J connectivity index is 3.38. The van der Waals surface area contributed by atoms with Gasteiger partial charge in [-0.3, -0.25) is 0 Å². The van der Waals surface area contributed by atoms with Crippen LogP contribution in [-0.4, -0.2) is 48.6 Å². The molecule has 1 unspecified atom stereocenters. The third-order valence-corrected chi connectivity index (χ3v) is 4.93. The molecule has 20 heavy (non-hydrogen) atoms. The Morgan fingerprint density at radius 1 is 1.30 bits per heavy atom. The summed E-state index contributed by atoms with van der Waals surface area (Å²) < 4.78 is 25.8. The van der Waals surface area contributed by atoms with Crippen LogP contribution in [0.2, 0.25) is 0 Å². The van der Waals surface area contributed by atoms with Crippen molar-refractivity contribution in [3.63, 3.8) is 0 Å². The monoisotopic (exact) mass is 301 g/mol. The molecule has 0 heterocycles. The summed E-state index contributed by atoms with van der Waals surface area (Å²) in [5.74, 6) is -1.17. The van der Waals surface area contributed by atoms with Gasteiger partial charge in [-0.05, 0) is 38.0 Å². The zero-order valence-electron chi connectivity index (χ0n) is 11.9. The molecule has 112 valence electrons. The van der Waals surface area contributed by atoms with E-state index in [2.05, 4.69) is 0 Å². The molecular weight excluding hydrogens is 282 g/mol. The van der Waals surface area contributed by atoms with Gasteiger partial charge in [-0.1, -0.05) is 6.07 Å². The summed E-state index contributed by atoms with van der Waals surface area (Å²) in [6, 6.07) is 2.70. The van der Waals surface area contributed by atoms with Crippen LogP contribution >= 0.6 is 0 Å². The van der Waals surface area contributed by atoms with Crippen LogP contribution in [0.4, 0.5) is 0 Å². The maximum absolute atomic E-state index is 12.4. The minimum Gasteiger partial charge on any atom is -0.478 e. The summed E-state index contributed by atoms with van der Waals surface area (Å²) in [6.45, 7) is 4.66. The molecule has 0 saturated carbocycles. The van der Waals surface area contributed by atoms with E-state index in [0.29, 0.717) is 11.1 Å². The van der Waals surface area contributed by atoms with Crippen molar-refractivity contribution in [2.45, 2.75) is 31.8 Å². The van der Waals surface area contributed by atoms with E-state index in [1.54, 1.807) is 13.8 Å². The maximum Gasteiger partial charge on any atom is 0.335 e. The number of aliphatic hydroxyl groups excluding tert-OH is 1. The van der Waals surface area contributed by atoms with Crippen LogP contribution < -0.4 is 0 Å². The number of sulfonamides is 1. The Hall–Kier alpha value is -1.44. The SMILES string of the molecule is Cc1cc(C)c(S(=O)(=O)N(C)CC(C)O)cc1C(=O)O. The fourth-order valence-electron chi connectivity index (χ4n) is 1.98. The first-order valence-electron chi connectivity index (χ1n) is 6.06. The highest BCUT2D eigenvalue weighted by molar-refractivity contribution is 7.89. The maximum atomic E-state index is 12.4. The minimum absolute atomic E-state index is 0.0420. The average molecular weight is 301 g/mol. The van der Waals surface area contributed by atoms with Gasteiger partial charge in [0.05, 0.1) is 16.6 Å². The highest BCUT2D eigenvalue weighted by Crippen LogP contribution is 2.23. The zero-order chi connectivity index (χ0) is 15.7. The number of carboxylic acid groups (broad SMARTS) is 1. The van der Waals surface area contributed by atoms with E-state index in [4.69, 9.17) is 5.11 Å². The lowest BCUT2D eigenvalue weighted by Crippen LogP contribution is -2.33. The van der Waals surface area contributed by atoms with Crippen LogP contribution in [0.3, 0.4) is 0 Å². The number of rotatable bonds is 5. The molecule has 7 heteroatoms. The van der Waals surface area contributed by atoms with Crippen LogP contribution in [0.15, 0.2) is 17.0 Å². The highest BCUT2D eigenvalue weighted by atomic mass is 32.2. The molecule has 0 aliphatic heterocycles. The van der Waals surface area contributed by atoms with Gasteiger partial charge in [0.2, 0.25) is 10.0 Å². The molecule has 0 aliphatic carbocycles. The van der Waals surface area contributed by atoms with E-state index in [0.717, 1.165) is 4.31 Å². The van der Waals surface area contributed by atoms with Crippen molar-refractivity contribution in [1.29, 1.82) is 0 Å². The minimum atomic E-state index is -3.83. The Bertz CT molecular complexity index is 622. The quantitative estimate of drug-likeness (QED) is 0.846. The number of benzene rings is 1. The van der Waals surface area contributed by atoms with Gasteiger partial charge in [-0.2, -0.15) is 4.31 Å². The number of hydrogen-bond donors (Lipinski definition) is 2. The first kappa shape index (κ1) is 16.6. The lowest BCUT2D eigenvalue weighted by molar-refractivity contribution is 0.0695. The van der Waals surface area contributed by atoms with Crippen LogP contribution in [0.5, 0.6) is 0 Å². The number of aromatic carboxylic acids is 1. The number of carbonyl (C=O) groups is 1. The standard InChI is InChI=1S/C13H19NO5S/c1-8-5-9(2)12(6-11(8)13(16)17)20(18,19)14(4)7-10(3)15/h5-6,10,15H,7H2,1-4H3,(H,16,17). The lowest BCUT2D eigenvalue weighted by atomic mass is 10.1. The summed E-state index contributed by atoms with van der Waals surface area (Å²) >= 11 is 0. The van der Waals surface area contributed by atoms with Crippen molar-refractivity contribution in [2.75, 3.05) is 13.6 Å². The molecule has 1 atom stereocenters. The Kier molecular flexibility index (Phi) is 4.90. The van der Waals surface area contributed by atoms with E-state index in [1.807, 2.05) is 0 Å². The van der Waals surface area contributed by atoms with Crippen LogP contribution in [-0.2, 0) is 10.0 Å². The molecule has 0 bridgehead atoms. The molecule has 1 rings (SSSR count). The predicted octanol–water partition coefficient (Wildman–Crippen LogP) is 1.00. The van der Waals surface area contributed by atoms with Gasteiger partial charge in [-0.15, -0.1) is 0 Å². The second-order valence-electron chi connectivity index (χ2n) is 4.87. The van der Waals surface area contributed by atoms with Crippen molar-refractivity contribution in [2.24, 2.45) is 0 Å². The van der Waals surface area contributed by atoms with E-state index in [9.17, 15) is 18.3 Å². The van der Waals surface area contributed by atoms with Gasteiger partial charge in [0.25, 0.3) is 0 Å². The number of aryl methyl sites for hydroxylation is 2. The van der Waals surface area contributed by atoms with E-state index in [1.165, 1.54) is 26.1 Å². The van der Waals surface area contributed by atoms with Crippen LogP contribution in [0.1, 0.15) is 28.4 Å². The summed E-state index contributed by atoms with van der Waals surface area (Å²) in [5, 5.41) is 18.4. The second kappa shape index (κ2) is 5.90. The smallest absolute Gasteiger partial charge is 0.335 e. The number of nitrogens with zero attached hydrogens (tertiary/aromatic N) is 1. The molecule has 6 nitrogen and oxygen atoms in total.